The second-order valence-electron chi connectivity index (χ2n) is 7.40. The van der Waals surface area contributed by atoms with Gasteiger partial charge in [0.1, 0.15) is 5.75 Å². The van der Waals surface area contributed by atoms with Gasteiger partial charge >= 0.3 is 0 Å². The fourth-order valence-corrected chi connectivity index (χ4v) is 3.41. The first-order chi connectivity index (χ1) is 14.5. The molecule has 1 aromatic carbocycles. The van der Waals surface area contributed by atoms with Gasteiger partial charge < -0.3 is 19.9 Å². The van der Waals surface area contributed by atoms with E-state index >= 15 is 0 Å². The third-order valence-corrected chi connectivity index (χ3v) is 5.03. The van der Waals surface area contributed by atoms with Gasteiger partial charge in [0.05, 0.1) is 7.11 Å². The van der Waals surface area contributed by atoms with Crippen molar-refractivity contribution in [2.45, 2.75) is 13.0 Å². The van der Waals surface area contributed by atoms with Crippen LogP contribution in [0.5, 0.6) is 5.75 Å². The Morgan fingerprint density at radius 3 is 2.87 bits per heavy atom. The third-order valence-electron chi connectivity index (χ3n) is 5.03. The van der Waals surface area contributed by atoms with E-state index in [0.717, 1.165) is 23.3 Å². The maximum atomic E-state index is 12.8. The lowest BCUT2D eigenvalue weighted by atomic mass is 9.89. The summed E-state index contributed by atoms with van der Waals surface area (Å²) in [6.07, 6.45) is 9.17. The van der Waals surface area contributed by atoms with Crippen LogP contribution in [0, 0.1) is 0 Å². The number of nitrogens with zero attached hydrogens (tertiary/aromatic N) is 3. The van der Waals surface area contributed by atoms with Gasteiger partial charge in [0.25, 0.3) is 11.8 Å². The summed E-state index contributed by atoms with van der Waals surface area (Å²) in [5.41, 5.74) is 2.96. The smallest absolute Gasteiger partial charge is 0.256 e. The van der Waals surface area contributed by atoms with Crippen molar-refractivity contribution in [3.05, 3.63) is 59.3 Å². The average molecular weight is 409 g/mol. The Balaban J connectivity index is 1.97. The molecule has 2 aliphatic heterocycles. The summed E-state index contributed by atoms with van der Waals surface area (Å²) in [4.78, 5) is 33.4. The van der Waals surface area contributed by atoms with Crippen LogP contribution < -0.4 is 10.1 Å². The van der Waals surface area contributed by atoms with E-state index in [4.69, 9.17) is 4.74 Å². The zero-order chi connectivity index (χ0) is 21.7. The Kier molecular flexibility index (Phi) is 6.84. The molecule has 7 heteroatoms. The monoisotopic (exact) mass is 408 g/mol. The molecule has 1 unspecified atom stereocenters. The molecule has 0 fully saturated rings. The number of fused-ring (bicyclic) bond motifs is 1. The fourth-order valence-electron chi connectivity index (χ4n) is 3.41. The molecule has 0 aliphatic carbocycles. The van der Waals surface area contributed by atoms with Crippen molar-refractivity contribution in [1.82, 2.24) is 15.1 Å². The summed E-state index contributed by atoms with van der Waals surface area (Å²) in [5, 5.41) is 2.93. The highest BCUT2D eigenvalue weighted by atomic mass is 16.5. The predicted molar refractivity (Wildman–Crippen MR) is 119 cm³/mol. The van der Waals surface area contributed by atoms with Crippen molar-refractivity contribution in [3.63, 3.8) is 0 Å². The van der Waals surface area contributed by atoms with Gasteiger partial charge in [-0.05, 0) is 50.9 Å². The minimum absolute atomic E-state index is 0.0617. The van der Waals surface area contributed by atoms with Crippen molar-refractivity contribution in [1.29, 1.82) is 0 Å². The van der Waals surface area contributed by atoms with E-state index in [1.54, 1.807) is 30.4 Å². The lowest BCUT2D eigenvalue weighted by molar-refractivity contribution is -0.128. The van der Waals surface area contributed by atoms with Crippen molar-refractivity contribution in [2.75, 3.05) is 40.8 Å². The first-order valence-electron chi connectivity index (χ1n) is 9.94. The minimum atomic E-state index is -0.558. The highest BCUT2D eigenvalue weighted by Crippen LogP contribution is 2.38. The molecule has 0 saturated carbocycles. The molecule has 3 rings (SSSR count). The number of benzene rings is 1. The predicted octanol–water partition coefficient (Wildman–Crippen LogP) is 2.13. The normalized spacial score (nSPS) is 18.0. The standard InChI is InChI=1S/C23H28N4O3/c1-5-6-12-27-15-19(17-9-10-24-21(17)23(27)29)18-14-16(7-8-20(18)30-4)22(28)25-11-13-26(2)3/h5-10,14-15,21H,11-13H2,1-4H3,(H,25,28)/b6-5+. The summed E-state index contributed by atoms with van der Waals surface area (Å²) >= 11 is 0. The summed E-state index contributed by atoms with van der Waals surface area (Å²) < 4.78 is 5.57. The van der Waals surface area contributed by atoms with Crippen molar-refractivity contribution in [2.24, 2.45) is 4.99 Å². The number of amides is 2. The van der Waals surface area contributed by atoms with E-state index in [2.05, 4.69) is 10.3 Å². The molecule has 0 radical (unpaired) electrons. The third kappa shape index (κ3) is 4.52. The number of carbonyl (C=O) groups excluding carboxylic acids is 2. The minimum Gasteiger partial charge on any atom is -0.496 e. The second-order valence-corrected chi connectivity index (χ2v) is 7.40. The molecule has 1 aromatic rings. The van der Waals surface area contributed by atoms with E-state index in [-0.39, 0.29) is 11.8 Å². The fraction of sp³-hybridized carbons (Fsp3) is 0.348. The average Bonchev–Trinajstić information content (AvgIpc) is 3.23. The molecule has 158 valence electrons. The van der Waals surface area contributed by atoms with E-state index in [1.807, 2.05) is 56.4 Å². The number of aliphatic imine (C=N–C) groups is 1. The molecule has 7 nitrogen and oxygen atoms in total. The summed E-state index contributed by atoms with van der Waals surface area (Å²) in [7, 11) is 5.52. The Morgan fingerprint density at radius 1 is 1.37 bits per heavy atom. The van der Waals surface area contributed by atoms with Gasteiger partial charge in [-0.3, -0.25) is 14.6 Å². The molecular formula is C23H28N4O3. The molecule has 2 aliphatic rings. The number of rotatable bonds is 8. The van der Waals surface area contributed by atoms with Crippen LogP contribution in [0.3, 0.4) is 0 Å². The Hall–Kier alpha value is -3.19. The number of methoxy groups -OCH3 is 1. The lowest BCUT2D eigenvalue weighted by Gasteiger charge is -2.29. The molecule has 1 N–H and O–H groups in total. The van der Waals surface area contributed by atoms with Crippen molar-refractivity contribution >= 4 is 23.6 Å². The lowest BCUT2D eigenvalue weighted by Crippen LogP contribution is -2.39. The van der Waals surface area contributed by atoms with Crippen LogP contribution in [0.15, 0.2) is 53.2 Å². The summed E-state index contributed by atoms with van der Waals surface area (Å²) in [5.74, 6) is 0.429. The van der Waals surface area contributed by atoms with E-state index in [1.165, 1.54) is 0 Å². The molecule has 0 aromatic heterocycles. The van der Waals surface area contributed by atoms with Crippen LogP contribution in [-0.2, 0) is 4.79 Å². The molecule has 0 saturated heterocycles. The van der Waals surface area contributed by atoms with Crippen LogP contribution in [-0.4, -0.2) is 74.7 Å². The second kappa shape index (κ2) is 9.54. The number of hydrogen-bond donors (Lipinski definition) is 1. The molecular weight excluding hydrogens is 380 g/mol. The van der Waals surface area contributed by atoms with E-state index < -0.39 is 6.04 Å². The Morgan fingerprint density at radius 2 is 2.17 bits per heavy atom. The van der Waals surface area contributed by atoms with Gasteiger partial charge in [0.15, 0.2) is 6.04 Å². The van der Waals surface area contributed by atoms with E-state index in [9.17, 15) is 9.59 Å². The van der Waals surface area contributed by atoms with E-state index in [0.29, 0.717) is 24.4 Å². The largest absolute Gasteiger partial charge is 0.496 e. The number of carbonyl (C=O) groups is 2. The quantitative estimate of drug-likeness (QED) is 0.669. The van der Waals surface area contributed by atoms with Gasteiger partial charge in [-0.25, -0.2) is 0 Å². The first kappa shape index (κ1) is 21.5. The van der Waals surface area contributed by atoms with Gasteiger partial charge in [-0.15, -0.1) is 0 Å². The van der Waals surface area contributed by atoms with Crippen LogP contribution in [0.4, 0.5) is 0 Å². The topological polar surface area (TPSA) is 74.2 Å². The molecule has 0 bridgehead atoms. The molecule has 30 heavy (non-hydrogen) atoms. The van der Waals surface area contributed by atoms with Crippen LogP contribution >= 0.6 is 0 Å². The number of allylic oxidation sites excluding steroid dienone is 2. The van der Waals surface area contributed by atoms with Crippen molar-refractivity contribution < 1.29 is 14.3 Å². The molecule has 0 spiro atoms. The number of ether oxygens (including phenoxy) is 1. The highest BCUT2D eigenvalue weighted by molar-refractivity contribution is 6.05. The molecule has 2 amide bonds. The zero-order valence-electron chi connectivity index (χ0n) is 17.9. The van der Waals surface area contributed by atoms with Gasteiger partial charge in [0, 0.05) is 48.7 Å². The van der Waals surface area contributed by atoms with Crippen LogP contribution in [0.25, 0.3) is 5.57 Å². The Bertz CT molecular complexity index is 944. The molecule has 2 heterocycles. The number of hydrogen-bond acceptors (Lipinski definition) is 5. The van der Waals surface area contributed by atoms with Gasteiger partial charge in [-0.1, -0.05) is 12.2 Å². The first-order valence-corrected chi connectivity index (χ1v) is 9.94. The maximum Gasteiger partial charge on any atom is 0.256 e. The number of nitrogens with one attached hydrogen (secondary N) is 1. The Labute approximate surface area is 177 Å². The van der Waals surface area contributed by atoms with Crippen molar-refractivity contribution in [3.8, 4) is 5.75 Å². The van der Waals surface area contributed by atoms with Gasteiger partial charge in [0.2, 0.25) is 0 Å². The number of likely N-dealkylation sites (N-methyl/N-ethyl adjacent to an activating group) is 1. The molecule has 1 atom stereocenters. The SMILES string of the molecule is C/C=C/CN1C=C(c2cc(C(=O)NCCN(C)C)ccc2OC)C2=CC=NC2C1=O. The van der Waals surface area contributed by atoms with Crippen LogP contribution in [0.1, 0.15) is 22.8 Å². The summed E-state index contributed by atoms with van der Waals surface area (Å²) in [6, 6.07) is 4.79. The summed E-state index contributed by atoms with van der Waals surface area (Å²) in [6.45, 7) is 3.70. The van der Waals surface area contributed by atoms with Gasteiger partial charge in [-0.2, -0.15) is 0 Å². The zero-order valence-corrected chi connectivity index (χ0v) is 17.9. The maximum absolute atomic E-state index is 12.8. The highest BCUT2D eigenvalue weighted by Gasteiger charge is 2.35. The van der Waals surface area contributed by atoms with Crippen LogP contribution in [0.2, 0.25) is 0 Å².